The van der Waals surface area contributed by atoms with Crippen molar-refractivity contribution < 1.29 is 0 Å². The van der Waals surface area contributed by atoms with Crippen molar-refractivity contribution in [2.75, 3.05) is 0 Å². The Balaban J connectivity index is 2.23. The van der Waals surface area contributed by atoms with Gasteiger partial charge in [0.25, 0.3) is 0 Å². The number of hydrogen-bond donors (Lipinski definition) is 1. The highest BCUT2D eigenvalue weighted by Crippen LogP contribution is 2.44. The molecule has 2 N–H and O–H groups in total. The molecule has 1 aromatic rings. The largest absolute Gasteiger partial charge is 0.330 e. The second-order valence-corrected chi connectivity index (χ2v) is 7.21. The predicted molar refractivity (Wildman–Crippen MR) is 79.9 cm³/mol. The summed E-state index contributed by atoms with van der Waals surface area (Å²) in [5, 5.41) is 0. The van der Waals surface area contributed by atoms with Crippen molar-refractivity contribution in [1.82, 2.24) is 9.55 Å². The lowest BCUT2D eigenvalue weighted by atomic mass is 9.73. The van der Waals surface area contributed by atoms with Crippen LogP contribution in [0.4, 0.5) is 0 Å². The van der Waals surface area contributed by atoms with Crippen LogP contribution < -0.4 is 5.73 Å². The zero-order valence-corrected chi connectivity index (χ0v) is 12.9. The molecule has 1 aromatic heterocycles. The van der Waals surface area contributed by atoms with Gasteiger partial charge in [-0.1, -0.05) is 40.5 Å². The molecule has 1 saturated carbocycles. The lowest BCUT2D eigenvalue weighted by Crippen LogP contribution is -2.32. The molecule has 1 heterocycles. The maximum Gasteiger partial charge on any atom is 0.0951 e. The van der Waals surface area contributed by atoms with Crippen LogP contribution in [0, 0.1) is 11.3 Å². The van der Waals surface area contributed by atoms with Crippen LogP contribution in [0.1, 0.15) is 77.6 Å². The van der Waals surface area contributed by atoms with Crippen molar-refractivity contribution >= 4 is 0 Å². The molecule has 108 valence electrons. The summed E-state index contributed by atoms with van der Waals surface area (Å²) in [5.41, 5.74) is 7.94. The molecule has 2 rings (SSSR count). The Kier molecular flexibility index (Phi) is 4.34. The molecule has 0 radical (unpaired) electrons. The van der Waals surface area contributed by atoms with Gasteiger partial charge in [-0.25, -0.2) is 4.98 Å². The molecular formula is C16H29N3. The van der Waals surface area contributed by atoms with E-state index < -0.39 is 0 Å². The first kappa shape index (κ1) is 14.6. The van der Waals surface area contributed by atoms with Gasteiger partial charge in [-0.3, -0.25) is 0 Å². The van der Waals surface area contributed by atoms with Gasteiger partial charge in [0, 0.05) is 18.3 Å². The standard InChI is InChI=1S/C16H29N3/c1-12(2)9-13(17)14-10-18-11-19(14)15-7-5-6-8-16(15,3)4/h10-13,15H,5-9,17H2,1-4H3. The van der Waals surface area contributed by atoms with Crippen molar-refractivity contribution in [3.8, 4) is 0 Å². The Morgan fingerprint density at radius 1 is 1.42 bits per heavy atom. The van der Waals surface area contributed by atoms with Gasteiger partial charge in [-0.05, 0) is 30.6 Å². The molecule has 1 aliphatic rings. The molecule has 0 bridgehead atoms. The highest BCUT2D eigenvalue weighted by Gasteiger charge is 2.34. The topological polar surface area (TPSA) is 43.8 Å². The number of hydrogen-bond acceptors (Lipinski definition) is 2. The summed E-state index contributed by atoms with van der Waals surface area (Å²) in [5.74, 6) is 0.623. The van der Waals surface area contributed by atoms with Crippen LogP contribution in [0.2, 0.25) is 0 Å². The van der Waals surface area contributed by atoms with Crippen molar-refractivity contribution in [2.24, 2.45) is 17.1 Å². The van der Waals surface area contributed by atoms with E-state index in [1.54, 1.807) is 0 Å². The average Bonchev–Trinajstić information content (AvgIpc) is 2.76. The Morgan fingerprint density at radius 2 is 2.16 bits per heavy atom. The van der Waals surface area contributed by atoms with Gasteiger partial charge in [-0.2, -0.15) is 0 Å². The fraction of sp³-hybridized carbons (Fsp3) is 0.812. The summed E-state index contributed by atoms with van der Waals surface area (Å²) in [4.78, 5) is 4.37. The number of nitrogens with zero attached hydrogens (tertiary/aromatic N) is 2. The minimum Gasteiger partial charge on any atom is -0.330 e. The summed E-state index contributed by atoms with van der Waals surface area (Å²) in [7, 11) is 0. The molecule has 0 saturated heterocycles. The second-order valence-electron chi connectivity index (χ2n) is 7.21. The van der Waals surface area contributed by atoms with Crippen LogP contribution in [-0.4, -0.2) is 9.55 Å². The maximum absolute atomic E-state index is 6.38. The Bertz CT molecular complexity index is 406. The van der Waals surface area contributed by atoms with Crippen LogP contribution in [0.25, 0.3) is 0 Å². The molecule has 1 fully saturated rings. The van der Waals surface area contributed by atoms with Crippen molar-refractivity contribution in [2.45, 2.75) is 71.9 Å². The molecule has 0 spiro atoms. The van der Waals surface area contributed by atoms with Crippen LogP contribution in [0.5, 0.6) is 0 Å². The Labute approximate surface area is 117 Å². The van der Waals surface area contributed by atoms with Gasteiger partial charge < -0.3 is 10.3 Å². The molecule has 2 atom stereocenters. The highest BCUT2D eigenvalue weighted by molar-refractivity contribution is 5.08. The number of nitrogens with two attached hydrogens (primary N) is 1. The maximum atomic E-state index is 6.38. The van der Waals surface area contributed by atoms with Gasteiger partial charge in [-0.15, -0.1) is 0 Å². The monoisotopic (exact) mass is 263 g/mol. The van der Waals surface area contributed by atoms with Crippen LogP contribution in [0.15, 0.2) is 12.5 Å². The number of aromatic nitrogens is 2. The molecule has 19 heavy (non-hydrogen) atoms. The third-order valence-corrected chi connectivity index (χ3v) is 4.59. The van der Waals surface area contributed by atoms with E-state index in [-0.39, 0.29) is 6.04 Å². The fourth-order valence-corrected chi connectivity index (χ4v) is 3.48. The highest BCUT2D eigenvalue weighted by atomic mass is 15.1. The first-order chi connectivity index (χ1) is 8.92. The lowest BCUT2D eigenvalue weighted by molar-refractivity contribution is 0.140. The molecular weight excluding hydrogens is 234 g/mol. The first-order valence-corrected chi connectivity index (χ1v) is 7.69. The van der Waals surface area contributed by atoms with Crippen molar-refractivity contribution in [1.29, 1.82) is 0 Å². The summed E-state index contributed by atoms with van der Waals surface area (Å²) in [6.45, 7) is 9.22. The quantitative estimate of drug-likeness (QED) is 0.890. The SMILES string of the molecule is CC(C)CC(N)c1cncn1C1CCCCC1(C)C. The Morgan fingerprint density at radius 3 is 2.79 bits per heavy atom. The molecule has 3 nitrogen and oxygen atoms in total. The summed E-state index contributed by atoms with van der Waals surface area (Å²) < 4.78 is 2.37. The fourth-order valence-electron chi connectivity index (χ4n) is 3.48. The summed E-state index contributed by atoms with van der Waals surface area (Å²) in [6, 6.07) is 0.664. The first-order valence-electron chi connectivity index (χ1n) is 7.69. The zero-order valence-electron chi connectivity index (χ0n) is 12.9. The number of rotatable bonds is 4. The van der Waals surface area contributed by atoms with Gasteiger partial charge in [0.05, 0.1) is 12.0 Å². The molecule has 1 aliphatic carbocycles. The van der Waals surface area contributed by atoms with E-state index >= 15 is 0 Å². The second kappa shape index (κ2) is 5.66. The van der Waals surface area contributed by atoms with E-state index in [1.807, 2.05) is 12.5 Å². The predicted octanol–water partition coefficient (Wildman–Crippen LogP) is 4.07. The van der Waals surface area contributed by atoms with Gasteiger partial charge in [0.1, 0.15) is 0 Å². The third kappa shape index (κ3) is 3.19. The van der Waals surface area contributed by atoms with E-state index in [0.29, 0.717) is 17.4 Å². The summed E-state index contributed by atoms with van der Waals surface area (Å²) >= 11 is 0. The van der Waals surface area contributed by atoms with Gasteiger partial charge in [0.2, 0.25) is 0 Å². The van der Waals surface area contributed by atoms with Gasteiger partial charge in [0.15, 0.2) is 0 Å². The smallest absolute Gasteiger partial charge is 0.0951 e. The molecule has 0 amide bonds. The molecule has 2 unspecified atom stereocenters. The van der Waals surface area contributed by atoms with Crippen LogP contribution >= 0.6 is 0 Å². The van der Waals surface area contributed by atoms with E-state index in [1.165, 1.54) is 31.4 Å². The van der Waals surface area contributed by atoms with Crippen molar-refractivity contribution in [3.05, 3.63) is 18.2 Å². The van der Waals surface area contributed by atoms with Crippen LogP contribution in [-0.2, 0) is 0 Å². The summed E-state index contributed by atoms with van der Waals surface area (Å²) in [6.07, 6.45) is 10.2. The minimum absolute atomic E-state index is 0.111. The molecule has 3 heteroatoms. The average molecular weight is 263 g/mol. The minimum atomic E-state index is 0.111. The molecule has 0 aliphatic heterocycles. The molecule has 0 aromatic carbocycles. The van der Waals surface area contributed by atoms with E-state index in [2.05, 4.69) is 37.2 Å². The zero-order chi connectivity index (χ0) is 14.0. The van der Waals surface area contributed by atoms with Crippen LogP contribution in [0.3, 0.4) is 0 Å². The van der Waals surface area contributed by atoms with E-state index in [9.17, 15) is 0 Å². The normalized spacial score (nSPS) is 24.6. The van der Waals surface area contributed by atoms with Gasteiger partial charge >= 0.3 is 0 Å². The van der Waals surface area contributed by atoms with E-state index in [0.717, 1.165) is 6.42 Å². The van der Waals surface area contributed by atoms with Crippen molar-refractivity contribution in [3.63, 3.8) is 0 Å². The lowest BCUT2D eigenvalue weighted by Gasteiger charge is -2.40. The van der Waals surface area contributed by atoms with E-state index in [4.69, 9.17) is 5.73 Å². The third-order valence-electron chi connectivity index (χ3n) is 4.59. The number of imidazole rings is 1. The Hall–Kier alpha value is -0.830.